The number of ether oxygens (including phenoxy) is 2. The lowest BCUT2D eigenvalue weighted by atomic mass is 9.70. The number of halogens is 1. The van der Waals surface area contributed by atoms with Crippen molar-refractivity contribution in [1.29, 1.82) is 0 Å². The van der Waals surface area contributed by atoms with Crippen LogP contribution in [0.2, 0.25) is 0 Å². The molecule has 3 saturated heterocycles. The molecule has 0 aliphatic carbocycles. The zero-order valence-corrected chi connectivity index (χ0v) is 20.4. The van der Waals surface area contributed by atoms with E-state index >= 15 is 0 Å². The van der Waals surface area contributed by atoms with E-state index in [1.54, 1.807) is 6.92 Å². The van der Waals surface area contributed by atoms with Gasteiger partial charge >= 0.3 is 5.97 Å². The molecule has 2 aromatic carbocycles. The number of aliphatic hydroxyl groups is 1. The number of carbonyl (C=O) groups excluding carboxylic acids is 3. The number of carbonyl (C=O) groups is 3. The van der Waals surface area contributed by atoms with Crippen LogP contribution < -0.4 is 5.32 Å². The SMILES string of the molecule is CCOC(=O)[C@@H]1[C@H]2O[C@@]3(CC2Br)[C@H](C(=O)Nc2ccc4ccccc4c2)N(CCCO)C(=O)[C@@H]13. The van der Waals surface area contributed by atoms with Crippen LogP contribution in [0.3, 0.4) is 0 Å². The fourth-order valence-corrected chi connectivity index (χ4v) is 6.84. The monoisotopic (exact) mass is 530 g/mol. The molecule has 2 aromatic rings. The minimum absolute atomic E-state index is 0.119. The number of hydrogen-bond donors (Lipinski definition) is 2. The molecule has 0 saturated carbocycles. The molecule has 0 radical (unpaired) electrons. The molecule has 3 fully saturated rings. The van der Waals surface area contributed by atoms with Gasteiger partial charge in [0.15, 0.2) is 0 Å². The Morgan fingerprint density at radius 1 is 1.26 bits per heavy atom. The maximum Gasteiger partial charge on any atom is 0.312 e. The van der Waals surface area contributed by atoms with Gasteiger partial charge in [-0.25, -0.2) is 0 Å². The molecule has 9 heteroatoms. The van der Waals surface area contributed by atoms with Gasteiger partial charge < -0.3 is 24.8 Å². The maximum absolute atomic E-state index is 13.7. The smallest absolute Gasteiger partial charge is 0.312 e. The van der Waals surface area contributed by atoms with Crippen LogP contribution in [-0.2, 0) is 23.9 Å². The summed E-state index contributed by atoms with van der Waals surface area (Å²) in [6.07, 6.45) is 0.207. The molecule has 0 aromatic heterocycles. The van der Waals surface area contributed by atoms with Crippen LogP contribution in [0.4, 0.5) is 5.69 Å². The Labute approximate surface area is 205 Å². The number of aliphatic hydroxyl groups excluding tert-OH is 1. The molecule has 1 unspecified atom stereocenters. The summed E-state index contributed by atoms with van der Waals surface area (Å²) in [5.41, 5.74) is -0.521. The number of benzene rings is 2. The molecular formula is C25H27BrN2O6. The number of nitrogens with zero attached hydrogens (tertiary/aromatic N) is 1. The molecule has 3 heterocycles. The number of amides is 2. The van der Waals surface area contributed by atoms with Gasteiger partial charge in [-0.3, -0.25) is 14.4 Å². The Kier molecular flexibility index (Phi) is 6.12. The van der Waals surface area contributed by atoms with Gasteiger partial charge in [0.2, 0.25) is 11.8 Å². The Hall–Kier alpha value is -2.49. The zero-order chi connectivity index (χ0) is 24.0. The van der Waals surface area contributed by atoms with Crippen LogP contribution in [0.5, 0.6) is 0 Å². The van der Waals surface area contributed by atoms with Crippen molar-refractivity contribution in [1.82, 2.24) is 4.90 Å². The van der Waals surface area contributed by atoms with Gasteiger partial charge in [0.25, 0.3) is 0 Å². The van der Waals surface area contributed by atoms with Gasteiger partial charge in [0.05, 0.1) is 24.5 Å². The molecule has 2 bridgehead atoms. The van der Waals surface area contributed by atoms with E-state index in [4.69, 9.17) is 9.47 Å². The minimum Gasteiger partial charge on any atom is -0.466 e. The lowest BCUT2D eigenvalue weighted by Gasteiger charge is -2.34. The highest BCUT2D eigenvalue weighted by Crippen LogP contribution is 2.60. The first-order valence-electron chi connectivity index (χ1n) is 11.6. The number of esters is 1. The summed E-state index contributed by atoms with van der Waals surface area (Å²) in [5, 5.41) is 14.4. The summed E-state index contributed by atoms with van der Waals surface area (Å²) in [6.45, 7) is 1.99. The first-order valence-corrected chi connectivity index (χ1v) is 12.5. The van der Waals surface area contributed by atoms with E-state index in [1.807, 2.05) is 42.5 Å². The molecule has 34 heavy (non-hydrogen) atoms. The fourth-order valence-electron chi connectivity index (χ4n) is 5.90. The number of alkyl halides is 1. The Balaban J connectivity index is 1.50. The third-order valence-electron chi connectivity index (χ3n) is 7.17. The number of fused-ring (bicyclic) bond motifs is 2. The van der Waals surface area contributed by atoms with E-state index in [2.05, 4.69) is 21.2 Å². The standard InChI is InChI=1S/C25H27BrN2O6/c1-2-33-24(32)18-19-23(31)28(10-5-11-29)21(25(19)13-17(26)20(18)34-25)22(30)27-16-9-8-14-6-3-4-7-15(14)12-16/h3-4,6-9,12,17-21,29H,2,5,10-11,13H2,1H3,(H,27,30)/t17?,18-,19+,20-,21-,25+/m0/s1. The van der Waals surface area contributed by atoms with Crippen molar-refractivity contribution >= 4 is 50.2 Å². The largest absolute Gasteiger partial charge is 0.466 e. The molecule has 3 aliphatic heterocycles. The van der Waals surface area contributed by atoms with Gasteiger partial charge in [-0.1, -0.05) is 46.3 Å². The number of nitrogens with one attached hydrogen (secondary N) is 1. The van der Waals surface area contributed by atoms with Crippen LogP contribution in [0.15, 0.2) is 42.5 Å². The van der Waals surface area contributed by atoms with E-state index in [9.17, 15) is 19.5 Å². The van der Waals surface area contributed by atoms with Gasteiger partial charge in [-0.15, -0.1) is 0 Å². The Morgan fingerprint density at radius 2 is 2.03 bits per heavy atom. The Morgan fingerprint density at radius 3 is 2.76 bits per heavy atom. The molecule has 8 nitrogen and oxygen atoms in total. The fraction of sp³-hybridized carbons (Fsp3) is 0.480. The maximum atomic E-state index is 13.7. The molecule has 5 rings (SSSR count). The van der Waals surface area contributed by atoms with Gasteiger partial charge in [-0.2, -0.15) is 0 Å². The quantitative estimate of drug-likeness (QED) is 0.420. The van der Waals surface area contributed by atoms with E-state index in [0.717, 1.165) is 10.8 Å². The molecule has 180 valence electrons. The second-order valence-electron chi connectivity index (χ2n) is 9.08. The van der Waals surface area contributed by atoms with Crippen molar-refractivity contribution in [3.8, 4) is 0 Å². The summed E-state index contributed by atoms with van der Waals surface area (Å²) in [7, 11) is 0. The van der Waals surface area contributed by atoms with Crippen LogP contribution in [0.1, 0.15) is 19.8 Å². The van der Waals surface area contributed by atoms with Crippen molar-refractivity contribution in [2.75, 3.05) is 25.1 Å². The normalized spacial score (nSPS) is 31.7. The third-order valence-corrected chi connectivity index (χ3v) is 8.02. The highest BCUT2D eigenvalue weighted by atomic mass is 79.9. The number of hydrogen-bond acceptors (Lipinski definition) is 6. The van der Waals surface area contributed by atoms with Crippen molar-refractivity contribution in [2.24, 2.45) is 11.8 Å². The van der Waals surface area contributed by atoms with E-state index in [0.29, 0.717) is 18.5 Å². The van der Waals surface area contributed by atoms with E-state index in [1.165, 1.54) is 4.90 Å². The number of likely N-dealkylation sites (tertiary alicyclic amines) is 1. The van der Waals surface area contributed by atoms with Crippen molar-refractivity contribution in [3.63, 3.8) is 0 Å². The van der Waals surface area contributed by atoms with Crippen LogP contribution >= 0.6 is 15.9 Å². The highest BCUT2D eigenvalue weighted by Gasteiger charge is 2.76. The van der Waals surface area contributed by atoms with E-state index < -0.39 is 35.6 Å². The van der Waals surface area contributed by atoms with Crippen molar-refractivity contribution in [3.05, 3.63) is 42.5 Å². The Bertz CT molecular complexity index is 1140. The second-order valence-corrected chi connectivity index (χ2v) is 10.3. The van der Waals surface area contributed by atoms with E-state index in [-0.39, 0.29) is 36.4 Å². The van der Waals surface area contributed by atoms with Crippen LogP contribution in [-0.4, -0.2) is 70.1 Å². The zero-order valence-electron chi connectivity index (χ0n) is 18.8. The van der Waals surface area contributed by atoms with Crippen LogP contribution in [0, 0.1) is 11.8 Å². The molecule has 6 atom stereocenters. The first-order chi connectivity index (χ1) is 16.4. The number of anilines is 1. The van der Waals surface area contributed by atoms with Crippen LogP contribution in [0.25, 0.3) is 10.8 Å². The molecular weight excluding hydrogens is 504 g/mol. The van der Waals surface area contributed by atoms with Gasteiger partial charge in [0, 0.05) is 23.7 Å². The summed E-state index contributed by atoms with van der Waals surface area (Å²) in [5.74, 6) is -2.72. The summed E-state index contributed by atoms with van der Waals surface area (Å²) in [6, 6.07) is 12.6. The molecule has 1 spiro atoms. The summed E-state index contributed by atoms with van der Waals surface area (Å²) in [4.78, 5) is 41.5. The lowest BCUT2D eigenvalue weighted by Crippen LogP contribution is -2.54. The van der Waals surface area contributed by atoms with Crippen molar-refractivity contribution in [2.45, 2.75) is 42.3 Å². The molecule has 2 N–H and O–H groups in total. The minimum atomic E-state index is -1.14. The van der Waals surface area contributed by atoms with Gasteiger partial charge in [-0.05, 0) is 42.7 Å². The van der Waals surface area contributed by atoms with Crippen molar-refractivity contribution < 1.29 is 29.0 Å². The summed E-state index contributed by atoms with van der Waals surface area (Å²) >= 11 is 3.62. The second kappa shape index (κ2) is 8.94. The lowest BCUT2D eigenvalue weighted by molar-refractivity contribution is -0.154. The highest BCUT2D eigenvalue weighted by molar-refractivity contribution is 9.09. The average Bonchev–Trinajstić information content (AvgIpc) is 3.41. The predicted octanol–water partition coefficient (Wildman–Crippen LogP) is 2.47. The topological polar surface area (TPSA) is 105 Å². The predicted molar refractivity (Wildman–Crippen MR) is 128 cm³/mol. The molecule has 3 aliphatic rings. The average molecular weight is 531 g/mol. The third kappa shape index (κ3) is 3.52. The first kappa shape index (κ1) is 23.3. The van der Waals surface area contributed by atoms with Gasteiger partial charge in [0.1, 0.15) is 11.6 Å². The summed E-state index contributed by atoms with van der Waals surface area (Å²) < 4.78 is 11.6. The molecule has 2 amide bonds. The number of rotatable bonds is 7.